The van der Waals surface area contributed by atoms with Crippen LogP contribution in [0.5, 0.6) is 5.75 Å². The van der Waals surface area contributed by atoms with Gasteiger partial charge in [-0.2, -0.15) is 0 Å². The number of ether oxygens (including phenoxy) is 1. The second kappa shape index (κ2) is 7.66. The number of nitrogens with zero attached hydrogens (tertiary/aromatic N) is 2. The van der Waals surface area contributed by atoms with Crippen LogP contribution in [0, 0.1) is 18.8 Å². The maximum Gasteiger partial charge on any atom is 0.228 e. The number of likely N-dealkylation sites (tertiary alicyclic amines) is 1. The molecular weight excluding hydrogens is 330 g/mol. The summed E-state index contributed by atoms with van der Waals surface area (Å²) < 4.78 is 5.41. The normalized spacial score (nSPS) is 22.6. The second-order valence-electron chi connectivity index (χ2n) is 7.60. The number of carbonyl (C=O) groups is 2. The Kier molecular flexibility index (Phi) is 5.51. The zero-order chi connectivity index (χ0) is 18.8. The quantitative estimate of drug-likeness (QED) is 0.891. The van der Waals surface area contributed by atoms with Crippen molar-refractivity contribution in [3.8, 4) is 5.75 Å². The Bertz CT molecular complexity index is 681. The van der Waals surface area contributed by atoms with Gasteiger partial charge >= 0.3 is 0 Å². The van der Waals surface area contributed by atoms with E-state index in [4.69, 9.17) is 10.5 Å². The fraction of sp³-hybridized carbons (Fsp3) is 0.600. The summed E-state index contributed by atoms with van der Waals surface area (Å²) in [5.41, 5.74) is 7.79. The molecule has 6 nitrogen and oxygen atoms in total. The Labute approximate surface area is 155 Å². The number of methoxy groups -OCH3 is 1. The predicted molar refractivity (Wildman–Crippen MR) is 101 cm³/mol. The van der Waals surface area contributed by atoms with E-state index in [1.807, 2.05) is 36.9 Å². The molecular formula is C20H29N3O3. The van der Waals surface area contributed by atoms with Gasteiger partial charge in [0, 0.05) is 32.1 Å². The maximum atomic E-state index is 12.9. The van der Waals surface area contributed by atoms with Crippen LogP contribution in [0.25, 0.3) is 0 Å². The van der Waals surface area contributed by atoms with Gasteiger partial charge in [-0.3, -0.25) is 9.59 Å². The number of piperidine rings is 1. The number of hydrogen-bond donors (Lipinski definition) is 1. The highest BCUT2D eigenvalue weighted by atomic mass is 16.5. The van der Waals surface area contributed by atoms with Crippen LogP contribution in [-0.4, -0.2) is 49.5 Å². The van der Waals surface area contributed by atoms with Gasteiger partial charge in [-0.25, -0.2) is 0 Å². The molecule has 2 fully saturated rings. The van der Waals surface area contributed by atoms with Crippen molar-refractivity contribution < 1.29 is 14.3 Å². The molecule has 0 aromatic heterocycles. The van der Waals surface area contributed by atoms with Crippen molar-refractivity contribution in [2.45, 2.75) is 39.2 Å². The van der Waals surface area contributed by atoms with Gasteiger partial charge < -0.3 is 20.3 Å². The van der Waals surface area contributed by atoms with Crippen molar-refractivity contribution in [2.24, 2.45) is 17.6 Å². The molecule has 0 spiro atoms. The second-order valence-corrected chi connectivity index (χ2v) is 7.60. The predicted octanol–water partition coefficient (Wildman–Crippen LogP) is 1.94. The van der Waals surface area contributed by atoms with Gasteiger partial charge in [0.25, 0.3) is 0 Å². The first-order valence-electron chi connectivity index (χ1n) is 9.40. The molecule has 0 radical (unpaired) electrons. The zero-order valence-corrected chi connectivity index (χ0v) is 15.9. The van der Waals surface area contributed by atoms with E-state index in [1.54, 1.807) is 12.0 Å². The number of aryl methyl sites for hydroxylation is 1. The minimum absolute atomic E-state index is 0.0160. The molecule has 2 heterocycles. The van der Waals surface area contributed by atoms with Crippen LogP contribution in [0.3, 0.4) is 0 Å². The van der Waals surface area contributed by atoms with Crippen molar-refractivity contribution >= 4 is 17.5 Å². The molecule has 142 valence electrons. The lowest BCUT2D eigenvalue weighted by atomic mass is 9.90. The molecule has 2 saturated heterocycles. The van der Waals surface area contributed by atoms with Crippen LogP contribution in [0.4, 0.5) is 5.69 Å². The molecule has 0 bridgehead atoms. The van der Waals surface area contributed by atoms with E-state index in [-0.39, 0.29) is 30.2 Å². The van der Waals surface area contributed by atoms with Crippen molar-refractivity contribution in [2.75, 3.05) is 31.6 Å². The van der Waals surface area contributed by atoms with Crippen LogP contribution >= 0.6 is 0 Å². The standard InChI is InChI=1S/C20H29N3O3/c1-13-4-5-18(26-3)17(10-13)23-12-16(11-19(23)24)20(25)22-8-6-15(7-9-22)14(2)21/h4-5,10,14-16H,6-9,11-12,21H2,1-3H3. The maximum absolute atomic E-state index is 12.9. The molecule has 2 aliphatic heterocycles. The van der Waals surface area contributed by atoms with Crippen LogP contribution < -0.4 is 15.4 Å². The molecule has 1 aromatic rings. The number of anilines is 1. The third kappa shape index (κ3) is 3.70. The number of amides is 2. The number of nitrogens with two attached hydrogens (primary N) is 1. The third-order valence-electron chi connectivity index (χ3n) is 5.69. The molecule has 2 N–H and O–H groups in total. The topological polar surface area (TPSA) is 75.9 Å². The van der Waals surface area contributed by atoms with Gasteiger partial charge in [0.15, 0.2) is 0 Å². The first-order chi connectivity index (χ1) is 12.4. The monoisotopic (exact) mass is 359 g/mol. The average Bonchev–Trinajstić information content (AvgIpc) is 3.02. The fourth-order valence-corrected chi connectivity index (χ4v) is 4.02. The van der Waals surface area contributed by atoms with Crippen molar-refractivity contribution in [3.63, 3.8) is 0 Å². The lowest BCUT2D eigenvalue weighted by Crippen LogP contribution is -2.45. The van der Waals surface area contributed by atoms with E-state index in [0.717, 1.165) is 37.2 Å². The Morgan fingerprint density at radius 1 is 1.31 bits per heavy atom. The number of hydrogen-bond acceptors (Lipinski definition) is 4. The summed E-state index contributed by atoms with van der Waals surface area (Å²) in [6.07, 6.45) is 2.15. The Morgan fingerprint density at radius 3 is 2.62 bits per heavy atom. The van der Waals surface area contributed by atoms with Crippen molar-refractivity contribution in [3.05, 3.63) is 23.8 Å². The molecule has 2 unspecified atom stereocenters. The number of carbonyl (C=O) groups excluding carboxylic acids is 2. The first kappa shape index (κ1) is 18.7. The van der Waals surface area contributed by atoms with Crippen LogP contribution in [0.15, 0.2) is 18.2 Å². The minimum Gasteiger partial charge on any atom is -0.495 e. The van der Waals surface area contributed by atoms with Gasteiger partial charge in [-0.15, -0.1) is 0 Å². The molecule has 0 saturated carbocycles. The molecule has 6 heteroatoms. The molecule has 2 atom stereocenters. The average molecular weight is 359 g/mol. The summed E-state index contributed by atoms with van der Waals surface area (Å²) >= 11 is 0. The van der Waals surface area contributed by atoms with Gasteiger partial charge in [0.1, 0.15) is 5.75 Å². The van der Waals surface area contributed by atoms with E-state index >= 15 is 0 Å². The highest BCUT2D eigenvalue weighted by Crippen LogP contribution is 2.34. The summed E-state index contributed by atoms with van der Waals surface area (Å²) in [7, 11) is 1.60. The smallest absolute Gasteiger partial charge is 0.228 e. The summed E-state index contributed by atoms with van der Waals surface area (Å²) in [4.78, 5) is 29.1. The van der Waals surface area contributed by atoms with Crippen molar-refractivity contribution in [1.29, 1.82) is 0 Å². The summed E-state index contributed by atoms with van der Waals surface area (Å²) in [5, 5.41) is 0. The highest BCUT2D eigenvalue weighted by molar-refractivity contribution is 6.01. The van der Waals surface area contributed by atoms with E-state index in [9.17, 15) is 9.59 Å². The lowest BCUT2D eigenvalue weighted by Gasteiger charge is -2.35. The Hall–Kier alpha value is -2.08. The summed E-state index contributed by atoms with van der Waals surface area (Å²) in [6, 6.07) is 5.93. The van der Waals surface area contributed by atoms with Crippen LogP contribution in [-0.2, 0) is 9.59 Å². The molecule has 3 rings (SSSR count). The fourth-order valence-electron chi connectivity index (χ4n) is 4.02. The molecule has 1 aromatic carbocycles. The Morgan fingerprint density at radius 2 is 2.00 bits per heavy atom. The SMILES string of the molecule is COc1ccc(C)cc1N1CC(C(=O)N2CCC(C(C)N)CC2)CC1=O. The van der Waals surface area contributed by atoms with E-state index in [0.29, 0.717) is 18.2 Å². The number of benzene rings is 1. The van der Waals surface area contributed by atoms with Gasteiger partial charge in [-0.05, 0) is 50.3 Å². The third-order valence-corrected chi connectivity index (χ3v) is 5.69. The van der Waals surface area contributed by atoms with Gasteiger partial charge in [0.2, 0.25) is 11.8 Å². The van der Waals surface area contributed by atoms with E-state index in [2.05, 4.69) is 0 Å². The first-order valence-corrected chi connectivity index (χ1v) is 9.40. The van der Waals surface area contributed by atoms with E-state index < -0.39 is 0 Å². The lowest BCUT2D eigenvalue weighted by molar-refractivity contribution is -0.137. The zero-order valence-electron chi connectivity index (χ0n) is 15.9. The minimum atomic E-state index is -0.278. The summed E-state index contributed by atoms with van der Waals surface area (Å²) in [5.74, 6) is 0.944. The van der Waals surface area contributed by atoms with Crippen molar-refractivity contribution in [1.82, 2.24) is 4.90 Å². The Balaban J connectivity index is 1.68. The van der Waals surface area contributed by atoms with E-state index in [1.165, 1.54) is 0 Å². The van der Waals surface area contributed by atoms with Gasteiger partial charge in [0.05, 0.1) is 18.7 Å². The molecule has 2 aliphatic rings. The van der Waals surface area contributed by atoms with Crippen LogP contribution in [0.1, 0.15) is 31.7 Å². The molecule has 26 heavy (non-hydrogen) atoms. The van der Waals surface area contributed by atoms with Crippen LogP contribution in [0.2, 0.25) is 0 Å². The molecule has 2 amide bonds. The highest BCUT2D eigenvalue weighted by Gasteiger charge is 2.39. The largest absolute Gasteiger partial charge is 0.495 e. The number of rotatable bonds is 4. The molecule has 0 aliphatic carbocycles. The van der Waals surface area contributed by atoms with Gasteiger partial charge in [-0.1, -0.05) is 6.07 Å². The summed E-state index contributed by atoms with van der Waals surface area (Å²) in [6.45, 7) is 5.91.